The van der Waals surface area contributed by atoms with Crippen molar-refractivity contribution in [2.75, 3.05) is 11.4 Å². The van der Waals surface area contributed by atoms with E-state index in [9.17, 15) is 18.4 Å². The van der Waals surface area contributed by atoms with Gasteiger partial charge in [0, 0.05) is 11.6 Å². The van der Waals surface area contributed by atoms with Crippen LogP contribution in [0.15, 0.2) is 12.1 Å². The molecule has 0 atom stereocenters. The third-order valence-corrected chi connectivity index (χ3v) is 4.46. The Labute approximate surface area is 120 Å². The Morgan fingerprint density at radius 3 is 2.52 bits per heavy atom. The van der Waals surface area contributed by atoms with Gasteiger partial charge in [0.25, 0.3) is 0 Å². The van der Waals surface area contributed by atoms with Gasteiger partial charge in [-0.2, -0.15) is 0 Å². The number of carboxylic acids is 1. The predicted octanol–water partition coefficient (Wildman–Crippen LogP) is 2.60. The summed E-state index contributed by atoms with van der Waals surface area (Å²) in [6.07, 6.45) is 3.49. The second kappa shape index (κ2) is 4.79. The van der Waals surface area contributed by atoms with E-state index in [0.29, 0.717) is 12.8 Å². The summed E-state index contributed by atoms with van der Waals surface area (Å²) in [6, 6.07) is 1.83. The number of amides is 1. The molecule has 21 heavy (non-hydrogen) atoms. The summed E-state index contributed by atoms with van der Waals surface area (Å²) in [5, 5.41) is 8.96. The molecule has 0 aromatic heterocycles. The molecule has 1 fully saturated rings. The fourth-order valence-corrected chi connectivity index (χ4v) is 3.63. The van der Waals surface area contributed by atoms with Gasteiger partial charge in [-0.25, -0.2) is 8.78 Å². The van der Waals surface area contributed by atoms with Gasteiger partial charge in [0.2, 0.25) is 5.91 Å². The van der Waals surface area contributed by atoms with Crippen LogP contribution in [0.2, 0.25) is 0 Å². The maximum absolute atomic E-state index is 14.3. The van der Waals surface area contributed by atoms with Gasteiger partial charge in [0.05, 0.1) is 11.1 Å². The molecule has 0 radical (unpaired) electrons. The van der Waals surface area contributed by atoms with Gasteiger partial charge in [-0.1, -0.05) is 19.3 Å². The van der Waals surface area contributed by atoms with Crippen molar-refractivity contribution in [1.82, 2.24) is 0 Å². The number of anilines is 1. The molecule has 1 aliphatic carbocycles. The molecule has 1 amide bonds. The van der Waals surface area contributed by atoms with Crippen molar-refractivity contribution in [3.8, 4) is 0 Å². The highest BCUT2D eigenvalue weighted by Crippen LogP contribution is 2.51. The highest BCUT2D eigenvalue weighted by Gasteiger charge is 2.53. The summed E-state index contributed by atoms with van der Waals surface area (Å²) in [6.45, 7) is -0.573. The predicted molar refractivity (Wildman–Crippen MR) is 71.1 cm³/mol. The summed E-state index contributed by atoms with van der Waals surface area (Å²) in [7, 11) is 0. The highest BCUT2D eigenvalue weighted by molar-refractivity contribution is 6.10. The molecule has 3 rings (SSSR count). The number of hydrogen-bond acceptors (Lipinski definition) is 2. The zero-order valence-corrected chi connectivity index (χ0v) is 11.4. The second-order valence-electron chi connectivity index (χ2n) is 5.71. The fraction of sp³-hybridized carbons (Fsp3) is 0.467. The van der Waals surface area contributed by atoms with E-state index >= 15 is 0 Å². The Bertz CT molecular complexity index is 624. The van der Waals surface area contributed by atoms with E-state index < -0.39 is 35.5 Å². The molecule has 1 aromatic carbocycles. The number of rotatable bonds is 2. The standard InChI is InChI=1S/C15H15F2NO3/c16-9-6-10(17)13-11(7-9)18(8-12(19)20)14(21)15(13)4-2-1-3-5-15/h6-7H,1-5,8H2,(H,19,20). The molecule has 0 bridgehead atoms. The molecular weight excluding hydrogens is 280 g/mol. The second-order valence-corrected chi connectivity index (χ2v) is 5.71. The van der Waals surface area contributed by atoms with Gasteiger partial charge in [-0.3, -0.25) is 14.5 Å². The Balaban J connectivity index is 2.18. The molecule has 0 saturated heterocycles. The Hall–Kier alpha value is -1.98. The van der Waals surface area contributed by atoms with Crippen molar-refractivity contribution < 1.29 is 23.5 Å². The minimum Gasteiger partial charge on any atom is -0.480 e. The first kappa shape index (κ1) is 14.0. The lowest BCUT2D eigenvalue weighted by Crippen LogP contribution is -2.43. The number of aliphatic carboxylic acids is 1. The summed E-state index contributed by atoms with van der Waals surface area (Å²) >= 11 is 0. The number of carboxylic acid groups (broad SMARTS) is 1. The quantitative estimate of drug-likeness (QED) is 0.912. The van der Waals surface area contributed by atoms with E-state index in [1.54, 1.807) is 0 Å². The minimum absolute atomic E-state index is 0.0711. The number of carbonyl (C=O) groups excluding carboxylic acids is 1. The van der Waals surface area contributed by atoms with E-state index in [-0.39, 0.29) is 11.3 Å². The fourth-order valence-electron chi connectivity index (χ4n) is 3.63. The van der Waals surface area contributed by atoms with Gasteiger partial charge in [-0.15, -0.1) is 0 Å². The number of halogens is 2. The van der Waals surface area contributed by atoms with Crippen molar-refractivity contribution in [3.05, 3.63) is 29.3 Å². The van der Waals surface area contributed by atoms with Gasteiger partial charge in [0.15, 0.2) is 0 Å². The third-order valence-electron chi connectivity index (χ3n) is 4.46. The molecule has 4 nitrogen and oxygen atoms in total. The molecular formula is C15H15F2NO3. The Morgan fingerprint density at radius 1 is 1.24 bits per heavy atom. The summed E-state index contributed by atoms with van der Waals surface area (Å²) in [4.78, 5) is 24.7. The van der Waals surface area contributed by atoms with Crippen LogP contribution in [0.25, 0.3) is 0 Å². The Morgan fingerprint density at radius 2 is 1.90 bits per heavy atom. The molecule has 112 valence electrons. The van der Waals surface area contributed by atoms with Crippen LogP contribution in [0.4, 0.5) is 14.5 Å². The first-order valence-corrected chi connectivity index (χ1v) is 6.99. The molecule has 1 heterocycles. The maximum Gasteiger partial charge on any atom is 0.323 e. The average Bonchev–Trinajstić information content (AvgIpc) is 2.62. The molecule has 0 unspecified atom stereocenters. The number of hydrogen-bond donors (Lipinski definition) is 1. The number of benzene rings is 1. The van der Waals surface area contributed by atoms with Crippen LogP contribution in [0, 0.1) is 11.6 Å². The van der Waals surface area contributed by atoms with Gasteiger partial charge in [-0.05, 0) is 18.9 Å². The first-order chi connectivity index (χ1) is 9.95. The van der Waals surface area contributed by atoms with Crippen LogP contribution in [0.3, 0.4) is 0 Å². The lowest BCUT2D eigenvalue weighted by Gasteiger charge is -2.32. The monoisotopic (exact) mass is 295 g/mol. The van der Waals surface area contributed by atoms with Crippen LogP contribution >= 0.6 is 0 Å². The summed E-state index contributed by atoms with van der Waals surface area (Å²) in [5.41, 5.74) is -0.766. The van der Waals surface area contributed by atoms with Crippen LogP contribution < -0.4 is 4.90 Å². The zero-order chi connectivity index (χ0) is 15.2. The smallest absolute Gasteiger partial charge is 0.323 e. The lowest BCUT2D eigenvalue weighted by atomic mass is 9.70. The maximum atomic E-state index is 14.3. The van der Waals surface area contributed by atoms with Gasteiger partial charge >= 0.3 is 5.97 Å². The Kier molecular flexibility index (Phi) is 3.19. The van der Waals surface area contributed by atoms with Gasteiger partial charge in [0.1, 0.15) is 18.2 Å². The third kappa shape index (κ3) is 2.01. The molecule has 1 saturated carbocycles. The lowest BCUT2D eigenvalue weighted by molar-refractivity contribution is -0.137. The van der Waals surface area contributed by atoms with E-state index in [0.717, 1.165) is 36.3 Å². The van der Waals surface area contributed by atoms with E-state index in [1.165, 1.54) is 0 Å². The summed E-state index contributed by atoms with van der Waals surface area (Å²) < 4.78 is 27.8. The number of carbonyl (C=O) groups is 2. The molecule has 6 heteroatoms. The van der Waals surface area contributed by atoms with E-state index in [1.807, 2.05) is 0 Å². The SMILES string of the molecule is O=C(O)CN1C(=O)C2(CCCCC2)c2c(F)cc(F)cc21. The normalized spacial score (nSPS) is 19.9. The first-order valence-electron chi connectivity index (χ1n) is 6.99. The van der Waals surface area contributed by atoms with Crippen molar-refractivity contribution in [2.24, 2.45) is 0 Å². The molecule has 1 aromatic rings. The van der Waals surface area contributed by atoms with Crippen molar-refractivity contribution in [3.63, 3.8) is 0 Å². The van der Waals surface area contributed by atoms with Crippen LogP contribution in [0.5, 0.6) is 0 Å². The number of nitrogens with zero attached hydrogens (tertiary/aromatic N) is 1. The van der Waals surface area contributed by atoms with Crippen molar-refractivity contribution in [1.29, 1.82) is 0 Å². The van der Waals surface area contributed by atoms with E-state index in [2.05, 4.69) is 0 Å². The van der Waals surface area contributed by atoms with Gasteiger partial charge < -0.3 is 5.11 Å². The highest BCUT2D eigenvalue weighted by atomic mass is 19.1. The molecule has 1 spiro atoms. The minimum atomic E-state index is -1.20. The van der Waals surface area contributed by atoms with E-state index in [4.69, 9.17) is 5.11 Å². The van der Waals surface area contributed by atoms with Crippen LogP contribution in [-0.4, -0.2) is 23.5 Å². The molecule has 2 aliphatic rings. The molecule has 1 aliphatic heterocycles. The topological polar surface area (TPSA) is 57.6 Å². The zero-order valence-electron chi connectivity index (χ0n) is 11.4. The van der Waals surface area contributed by atoms with Crippen LogP contribution in [-0.2, 0) is 15.0 Å². The van der Waals surface area contributed by atoms with Crippen molar-refractivity contribution >= 4 is 17.6 Å². The largest absolute Gasteiger partial charge is 0.480 e. The molecule has 1 N–H and O–H groups in total. The number of fused-ring (bicyclic) bond motifs is 2. The average molecular weight is 295 g/mol. The van der Waals surface area contributed by atoms with Crippen LogP contribution in [0.1, 0.15) is 37.7 Å². The summed E-state index contributed by atoms with van der Waals surface area (Å²) in [5.74, 6) is -3.17. The van der Waals surface area contributed by atoms with Crippen molar-refractivity contribution in [2.45, 2.75) is 37.5 Å².